The second-order valence-corrected chi connectivity index (χ2v) is 4.83. The standard InChI is InChI=1S/C16H18N2O/c1-2-6-15-14(5-1)11-19-12-16(15)18-9-7-13-4-3-8-17-10-13/h1-6,8,10,16,18H,7,9,11-12H2. The van der Waals surface area contributed by atoms with Crippen molar-refractivity contribution in [3.8, 4) is 0 Å². The zero-order valence-electron chi connectivity index (χ0n) is 10.9. The van der Waals surface area contributed by atoms with Crippen molar-refractivity contribution >= 4 is 0 Å². The van der Waals surface area contributed by atoms with Crippen LogP contribution in [0.1, 0.15) is 22.7 Å². The first-order valence-electron chi connectivity index (χ1n) is 6.71. The summed E-state index contributed by atoms with van der Waals surface area (Å²) in [5.74, 6) is 0. The molecule has 3 heteroatoms. The van der Waals surface area contributed by atoms with Crippen LogP contribution in [-0.4, -0.2) is 18.1 Å². The summed E-state index contributed by atoms with van der Waals surface area (Å²) >= 11 is 0. The molecule has 3 rings (SSSR count). The van der Waals surface area contributed by atoms with Crippen molar-refractivity contribution in [3.63, 3.8) is 0 Å². The van der Waals surface area contributed by atoms with Crippen LogP contribution in [0.2, 0.25) is 0 Å². The maximum absolute atomic E-state index is 5.64. The first kappa shape index (κ1) is 12.3. The molecule has 0 aliphatic carbocycles. The van der Waals surface area contributed by atoms with E-state index in [2.05, 4.69) is 40.6 Å². The summed E-state index contributed by atoms with van der Waals surface area (Å²) in [6.45, 7) is 2.43. The number of fused-ring (bicyclic) bond motifs is 1. The van der Waals surface area contributed by atoms with Crippen molar-refractivity contribution in [1.82, 2.24) is 10.3 Å². The molecule has 0 spiro atoms. The summed E-state index contributed by atoms with van der Waals surface area (Å²) in [7, 11) is 0. The van der Waals surface area contributed by atoms with E-state index < -0.39 is 0 Å². The van der Waals surface area contributed by atoms with Crippen LogP contribution < -0.4 is 5.32 Å². The van der Waals surface area contributed by atoms with Crippen molar-refractivity contribution in [2.24, 2.45) is 0 Å². The van der Waals surface area contributed by atoms with Crippen molar-refractivity contribution in [2.45, 2.75) is 19.1 Å². The molecule has 2 aromatic rings. The largest absolute Gasteiger partial charge is 0.375 e. The lowest BCUT2D eigenvalue weighted by Crippen LogP contribution is -2.31. The van der Waals surface area contributed by atoms with Crippen molar-refractivity contribution < 1.29 is 4.74 Å². The lowest BCUT2D eigenvalue weighted by molar-refractivity contribution is 0.0824. The molecule has 0 amide bonds. The lowest BCUT2D eigenvalue weighted by atomic mass is 9.99. The van der Waals surface area contributed by atoms with Gasteiger partial charge in [0.15, 0.2) is 0 Å². The van der Waals surface area contributed by atoms with Crippen molar-refractivity contribution in [3.05, 3.63) is 65.5 Å². The molecule has 1 atom stereocenters. The molecular weight excluding hydrogens is 236 g/mol. The van der Waals surface area contributed by atoms with Crippen LogP contribution in [0, 0.1) is 0 Å². The number of hydrogen-bond donors (Lipinski definition) is 1. The van der Waals surface area contributed by atoms with Gasteiger partial charge in [-0.05, 0) is 35.7 Å². The minimum atomic E-state index is 0.307. The Labute approximate surface area is 113 Å². The zero-order chi connectivity index (χ0) is 12.9. The Hall–Kier alpha value is -1.71. The van der Waals surface area contributed by atoms with Gasteiger partial charge >= 0.3 is 0 Å². The van der Waals surface area contributed by atoms with E-state index in [9.17, 15) is 0 Å². The van der Waals surface area contributed by atoms with E-state index in [-0.39, 0.29) is 0 Å². The van der Waals surface area contributed by atoms with E-state index in [1.165, 1.54) is 16.7 Å². The average molecular weight is 254 g/mol. The normalized spacial score (nSPS) is 18.0. The molecule has 0 radical (unpaired) electrons. The Morgan fingerprint density at radius 3 is 3.05 bits per heavy atom. The lowest BCUT2D eigenvalue weighted by Gasteiger charge is -2.26. The third kappa shape index (κ3) is 3.00. The van der Waals surface area contributed by atoms with Gasteiger partial charge in [0, 0.05) is 12.4 Å². The van der Waals surface area contributed by atoms with Crippen LogP contribution in [0.3, 0.4) is 0 Å². The molecule has 0 saturated carbocycles. The predicted octanol–water partition coefficient (Wildman–Crippen LogP) is 2.49. The first-order valence-corrected chi connectivity index (χ1v) is 6.71. The third-order valence-electron chi connectivity index (χ3n) is 3.50. The van der Waals surface area contributed by atoms with Gasteiger partial charge in [-0.3, -0.25) is 4.98 Å². The Morgan fingerprint density at radius 1 is 1.21 bits per heavy atom. The number of nitrogens with one attached hydrogen (secondary N) is 1. The van der Waals surface area contributed by atoms with Gasteiger partial charge in [0.25, 0.3) is 0 Å². The number of aromatic nitrogens is 1. The SMILES string of the molecule is c1cncc(CCNC2COCc3ccccc32)c1. The highest BCUT2D eigenvalue weighted by atomic mass is 16.5. The van der Waals surface area contributed by atoms with Crippen molar-refractivity contribution in [1.29, 1.82) is 0 Å². The van der Waals surface area contributed by atoms with Gasteiger partial charge in [-0.2, -0.15) is 0 Å². The molecule has 2 heterocycles. The Balaban J connectivity index is 1.59. The molecule has 1 N–H and O–H groups in total. The average Bonchev–Trinajstić information content (AvgIpc) is 2.49. The highest BCUT2D eigenvalue weighted by Gasteiger charge is 2.19. The van der Waals surface area contributed by atoms with Gasteiger partial charge in [-0.15, -0.1) is 0 Å². The molecule has 1 aliphatic rings. The summed E-state index contributed by atoms with van der Waals surface area (Å²) < 4.78 is 5.64. The number of nitrogens with zero attached hydrogens (tertiary/aromatic N) is 1. The fourth-order valence-corrected chi connectivity index (χ4v) is 2.49. The Morgan fingerprint density at radius 2 is 2.16 bits per heavy atom. The monoisotopic (exact) mass is 254 g/mol. The smallest absolute Gasteiger partial charge is 0.0721 e. The van der Waals surface area contributed by atoms with Crippen LogP contribution in [0.25, 0.3) is 0 Å². The maximum Gasteiger partial charge on any atom is 0.0721 e. The Bertz CT molecular complexity index is 527. The molecule has 0 saturated heterocycles. The van der Waals surface area contributed by atoms with E-state index in [4.69, 9.17) is 4.74 Å². The number of hydrogen-bond acceptors (Lipinski definition) is 3. The molecule has 3 nitrogen and oxygen atoms in total. The molecule has 1 unspecified atom stereocenters. The summed E-state index contributed by atoms with van der Waals surface area (Å²) in [6.07, 6.45) is 4.72. The van der Waals surface area contributed by atoms with Gasteiger partial charge in [0.1, 0.15) is 0 Å². The van der Waals surface area contributed by atoms with Crippen molar-refractivity contribution in [2.75, 3.05) is 13.2 Å². The fourth-order valence-electron chi connectivity index (χ4n) is 2.49. The van der Waals surface area contributed by atoms with Crippen LogP contribution in [0.15, 0.2) is 48.8 Å². The molecule has 0 bridgehead atoms. The van der Waals surface area contributed by atoms with Crippen LogP contribution in [0.4, 0.5) is 0 Å². The predicted molar refractivity (Wildman–Crippen MR) is 74.8 cm³/mol. The molecule has 98 valence electrons. The summed E-state index contributed by atoms with van der Waals surface area (Å²) in [5.41, 5.74) is 3.94. The highest BCUT2D eigenvalue weighted by molar-refractivity contribution is 5.31. The van der Waals surface area contributed by atoms with Gasteiger partial charge in [-0.1, -0.05) is 30.3 Å². The van der Waals surface area contributed by atoms with Crippen LogP contribution >= 0.6 is 0 Å². The summed E-state index contributed by atoms with van der Waals surface area (Å²) in [6, 6.07) is 12.9. The van der Waals surface area contributed by atoms with E-state index in [1.807, 2.05) is 18.5 Å². The van der Waals surface area contributed by atoms with Gasteiger partial charge < -0.3 is 10.1 Å². The van der Waals surface area contributed by atoms with Gasteiger partial charge in [0.05, 0.1) is 19.3 Å². The second-order valence-electron chi connectivity index (χ2n) is 4.83. The number of rotatable bonds is 4. The van der Waals surface area contributed by atoms with Crippen LogP contribution in [0.5, 0.6) is 0 Å². The van der Waals surface area contributed by atoms with E-state index in [0.29, 0.717) is 6.04 Å². The number of pyridine rings is 1. The molecule has 19 heavy (non-hydrogen) atoms. The molecule has 1 aromatic heterocycles. The van der Waals surface area contributed by atoms with E-state index >= 15 is 0 Å². The highest BCUT2D eigenvalue weighted by Crippen LogP contribution is 2.24. The second kappa shape index (κ2) is 5.95. The molecular formula is C16H18N2O. The van der Waals surface area contributed by atoms with E-state index in [0.717, 1.165) is 26.2 Å². The van der Waals surface area contributed by atoms with Crippen LogP contribution in [-0.2, 0) is 17.8 Å². The Kier molecular flexibility index (Phi) is 3.86. The fraction of sp³-hybridized carbons (Fsp3) is 0.312. The zero-order valence-corrected chi connectivity index (χ0v) is 10.9. The maximum atomic E-state index is 5.64. The quantitative estimate of drug-likeness (QED) is 0.910. The summed E-state index contributed by atoms with van der Waals surface area (Å²) in [5, 5.41) is 3.57. The molecule has 1 aromatic carbocycles. The summed E-state index contributed by atoms with van der Waals surface area (Å²) in [4.78, 5) is 4.13. The minimum absolute atomic E-state index is 0.307. The topological polar surface area (TPSA) is 34.2 Å². The first-order chi connectivity index (χ1) is 9.43. The number of benzene rings is 1. The minimum Gasteiger partial charge on any atom is -0.375 e. The number of ether oxygens (including phenoxy) is 1. The van der Waals surface area contributed by atoms with Gasteiger partial charge in [-0.25, -0.2) is 0 Å². The molecule has 0 fully saturated rings. The molecule has 1 aliphatic heterocycles. The van der Waals surface area contributed by atoms with E-state index in [1.54, 1.807) is 0 Å². The van der Waals surface area contributed by atoms with Gasteiger partial charge in [0.2, 0.25) is 0 Å². The third-order valence-corrected chi connectivity index (χ3v) is 3.50.